The van der Waals surface area contributed by atoms with Crippen LogP contribution in [0, 0.1) is 0 Å². The number of hydrogen-bond donors (Lipinski definition) is 3. The Morgan fingerprint density at radius 1 is 0.929 bits per heavy atom. The lowest BCUT2D eigenvalue weighted by Crippen LogP contribution is -2.34. The fraction of sp³-hybridized carbons (Fsp3) is 0.250. The molecule has 0 saturated carbocycles. The Kier molecular flexibility index (Phi) is 8.30. The van der Waals surface area contributed by atoms with E-state index in [4.69, 9.17) is 16.3 Å². The lowest BCUT2D eigenvalue weighted by atomic mass is 10.2. The van der Waals surface area contributed by atoms with Crippen molar-refractivity contribution in [1.29, 1.82) is 0 Å². The van der Waals surface area contributed by atoms with Gasteiger partial charge in [0.05, 0.1) is 5.02 Å². The van der Waals surface area contributed by atoms with E-state index in [0.717, 1.165) is 0 Å². The standard InChI is InChI=1S/C20H22ClN3O4/c1-2-18(25)22-11-12-23-20(27)14-7-9-15(10-8-14)24-19(26)13-28-17-6-4-3-5-16(17)21/h3-10H,2,11-13H2,1H3,(H,22,25)(H,23,27)(H,24,26). The molecule has 3 amide bonds. The van der Waals surface area contributed by atoms with Crippen molar-refractivity contribution >= 4 is 35.0 Å². The van der Waals surface area contributed by atoms with Gasteiger partial charge in [-0.15, -0.1) is 0 Å². The van der Waals surface area contributed by atoms with E-state index in [1.54, 1.807) is 55.5 Å². The predicted octanol–water partition coefficient (Wildman–Crippen LogP) is 2.61. The summed E-state index contributed by atoms with van der Waals surface area (Å²) in [5.41, 5.74) is 0.992. The molecule has 0 saturated heterocycles. The Bertz CT molecular complexity index is 824. The quantitative estimate of drug-likeness (QED) is 0.561. The average Bonchev–Trinajstić information content (AvgIpc) is 2.70. The van der Waals surface area contributed by atoms with Crippen molar-refractivity contribution in [3.8, 4) is 5.75 Å². The van der Waals surface area contributed by atoms with Crippen LogP contribution >= 0.6 is 11.6 Å². The fourth-order valence-electron chi connectivity index (χ4n) is 2.21. The Hall–Kier alpha value is -3.06. The number of hydrogen-bond acceptors (Lipinski definition) is 4. The highest BCUT2D eigenvalue weighted by molar-refractivity contribution is 6.32. The SMILES string of the molecule is CCC(=O)NCCNC(=O)c1ccc(NC(=O)COc2ccccc2Cl)cc1. The van der Waals surface area contributed by atoms with Crippen LogP contribution in [0.25, 0.3) is 0 Å². The van der Waals surface area contributed by atoms with Gasteiger partial charge < -0.3 is 20.7 Å². The van der Waals surface area contributed by atoms with Crippen LogP contribution in [0.4, 0.5) is 5.69 Å². The van der Waals surface area contributed by atoms with Gasteiger partial charge in [-0.25, -0.2) is 0 Å². The maximum Gasteiger partial charge on any atom is 0.262 e. The molecule has 28 heavy (non-hydrogen) atoms. The van der Waals surface area contributed by atoms with E-state index in [2.05, 4.69) is 16.0 Å². The van der Waals surface area contributed by atoms with E-state index in [1.165, 1.54) is 0 Å². The summed E-state index contributed by atoms with van der Waals surface area (Å²) in [6.07, 6.45) is 0.407. The van der Waals surface area contributed by atoms with Crippen molar-refractivity contribution in [2.45, 2.75) is 13.3 Å². The molecule has 0 aliphatic rings. The minimum atomic E-state index is -0.344. The number of para-hydroxylation sites is 1. The van der Waals surface area contributed by atoms with Crippen LogP contribution in [0.2, 0.25) is 5.02 Å². The van der Waals surface area contributed by atoms with E-state index in [1.807, 2.05) is 0 Å². The van der Waals surface area contributed by atoms with Gasteiger partial charge >= 0.3 is 0 Å². The molecular weight excluding hydrogens is 382 g/mol. The monoisotopic (exact) mass is 403 g/mol. The van der Waals surface area contributed by atoms with E-state index in [-0.39, 0.29) is 24.3 Å². The maximum atomic E-state index is 12.0. The second-order valence-electron chi connectivity index (χ2n) is 5.80. The highest BCUT2D eigenvalue weighted by Crippen LogP contribution is 2.22. The Balaban J connectivity index is 1.77. The largest absolute Gasteiger partial charge is 0.482 e. The molecule has 0 spiro atoms. The zero-order valence-corrected chi connectivity index (χ0v) is 16.2. The minimum Gasteiger partial charge on any atom is -0.482 e. The zero-order valence-electron chi connectivity index (χ0n) is 15.5. The van der Waals surface area contributed by atoms with Crippen LogP contribution < -0.4 is 20.7 Å². The normalized spacial score (nSPS) is 10.1. The Morgan fingerprint density at radius 2 is 1.61 bits per heavy atom. The first-order chi connectivity index (χ1) is 13.5. The summed E-state index contributed by atoms with van der Waals surface area (Å²) in [5, 5.41) is 8.50. The molecule has 0 unspecified atom stereocenters. The number of carbonyl (C=O) groups is 3. The van der Waals surface area contributed by atoms with Gasteiger partial charge in [0.15, 0.2) is 6.61 Å². The van der Waals surface area contributed by atoms with Gasteiger partial charge in [0.25, 0.3) is 11.8 Å². The number of anilines is 1. The number of carbonyl (C=O) groups excluding carboxylic acids is 3. The third kappa shape index (κ3) is 6.92. The number of halogens is 1. The van der Waals surface area contributed by atoms with Gasteiger partial charge in [-0.3, -0.25) is 14.4 Å². The van der Waals surface area contributed by atoms with Gasteiger partial charge in [-0.2, -0.15) is 0 Å². The number of benzene rings is 2. The van der Waals surface area contributed by atoms with E-state index in [9.17, 15) is 14.4 Å². The molecule has 2 aromatic rings. The van der Waals surface area contributed by atoms with Crippen molar-refractivity contribution in [2.75, 3.05) is 25.0 Å². The third-order valence-corrected chi connectivity index (χ3v) is 3.99. The summed E-state index contributed by atoms with van der Waals surface area (Å²) < 4.78 is 5.37. The number of ether oxygens (including phenoxy) is 1. The van der Waals surface area contributed by atoms with Crippen molar-refractivity contribution in [2.24, 2.45) is 0 Å². The van der Waals surface area contributed by atoms with Gasteiger partial charge in [-0.05, 0) is 36.4 Å². The fourth-order valence-corrected chi connectivity index (χ4v) is 2.40. The second-order valence-corrected chi connectivity index (χ2v) is 6.21. The second kappa shape index (κ2) is 10.9. The first kappa shape index (κ1) is 21.2. The molecule has 8 heteroatoms. The summed E-state index contributed by atoms with van der Waals surface area (Å²) in [6, 6.07) is 13.3. The van der Waals surface area contributed by atoms with Crippen molar-refractivity contribution < 1.29 is 19.1 Å². The van der Waals surface area contributed by atoms with Crippen LogP contribution in [0.5, 0.6) is 5.75 Å². The first-order valence-electron chi connectivity index (χ1n) is 8.81. The van der Waals surface area contributed by atoms with Crippen molar-refractivity contribution in [3.05, 3.63) is 59.1 Å². The molecule has 7 nitrogen and oxygen atoms in total. The minimum absolute atomic E-state index is 0.0622. The lowest BCUT2D eigenvalue weighted by Gasteiger charge is -2.09. The highest BCUT2D eigenvalue weighted by atomic mass is 35.5. The first-order valence-corrected chi connectivity index (χ1v) is 9.19. The summed E-state index contributed by atoms with van der Waals surface area (Å²) >= 11 is 5.97. The number of amides is 3. The molecule has 2 rings (SSSR count). The molecule has 0 aliphatic carbocycles. The highest BCUT2D eigenvalue weighted by Gasteiger charge is 2.08. The van der Waals surface area contributed by atoms with Crippen LogP contribution in [0.3, 0.4) is 0 Å². The summed E-state index contributed by atoms with van der Waals surface area (Å²) in [5.74, 6) is -0.233. The van der Waals surface area contributed by atoms with Crippen LogP contribution in [-0.2, 0) is 9.59 Å². The molecule has 0 fully saturated rings. The topological polar surface area (TPSA) is 96.5 Å². The molecule has 148 valence electrons. The third-order valence-electron chi connectivity index (χ3n) is 3.68. The van der Waals surface area contributed by atoms with Crippen LogP contribution in [0.15, 0.2) is 48.5 Å². The Labute approximate surface area is 168 Å². The molecule has 0 bridgehead atoms. The van der Waals surface area contributed by atoms with Crippen LogP contribution in [-0.4, -0.2) is 37.4 Å². The van der Waals surface area contributed by atoms with E-state index >= 15 is 0 Å². The maximum absolute atomic E-state index is 12.0. The smallest absolute Gasteiger partial charge is 0.262 e. The number of nitrogens with one attached hydrogen (secondary N) is 3. The molecule has 0 atom stereocenters. The zero-order chi connectivity index (χ0) is 20.4. The van der Waals surface area contributed by atoms with E-state index in [0.29, 0.717) is 41.5 Å². The number of rotatable bonds is 9. The molecule has 3 N–H and O–H groups in total. The molecule has 2 aromatic carbocycles. The average molecular weight is 404 g/mol. The summed E-state index contributed by atoms with van der Waals surface area (Å²) in [4.78, 5) is 35.1. The summed E-state index contributed by atoms with van der Waals surface area (Å²) in [6.45, 7) is 2.28. The van der Waals surface area contributed by atoms with Gasteiger partial charge in [-0.1, -0.05) is 30.7 Å². The van der Waals surface area contributed by atoms with Gasteiger partial charge in [0, 0.05) is 30.8 Å². The molecule has 0 aliphatic heterocycles. The molecular formula is C20H22ClN3O4. The van der Waals surface area contributed by atoms with E-state index < -0.39 is 0 Å². The molecule has 0 heterocycles. The Morgan fingerprint density at radius 3 is 2.29 bits per heavy atom. The predicted molar refractivity (Wildman–Crippen MR) is 108 cm³/mol. The van der Waals surface area contributed by atoms with Gasteiger partial charge in [0.2, 0.25) is 5.91 Å². The van der Waals surface area contributed by atoms with Crippen molar-refractivity contribution in [3.63, 3.8) is 0 Å². The van der Waals surface area contributed by atoms with Gasteiger partial charge in [0.1, 0.15) is 5.75 Å². The summed E-state index contributed by atoms with van der Waals surface area (Å²) in [7, 11) is 0. The molecule has 0 radical (unpaired) electrons. The molecule has 0 aromatic heterocycles. The lowest BCUT2D eigenvalue weighted by molar-refractivity contribution is -0.120. The van der Waals surface area contributed by atoms with Crippen molar-refractivity contribution in [1.82, 2.24) is 10.6 Å². The van der Waals surface area contributed by atoms with Crippen LogP contribution in [0.1, 0.15) is 23.7 Å².